The van der Waals surface area contributed by atoms with Crippen molar-refractivity contribution >= 4 is 23.6 Å². The van der Waals surface area contributed by atoms with Crippen molar-refractivity contribution in [3.05, 3.63) is 0 Å². The summed E-state index contributed by atoms with van der Waals surface area (Å²) in [6.45, 7) is 3.14. The molecule has 0 radical (unpaired) electrons. The minimum absolute atomic E-state index is 0.0695. The van der Waals surface area contributed by atoms with Crippen LogP contribution in [0.15, 0.2) is 0 Å². The van der Waals surface area contributed by atoms with Crippen LogP contribution in [0.2, 0.25) is 0 Å². The number of thioether (sulfide) groups is 1. The SMILES string of the molecule is CC1C(=O)NC(C)(C2CC2)C(=O)N1CCSC(F)(F)F. The second-order valence-corrected chi connectivity index (χ2v) is 6.59. The number of rotatable bonds is 4. The summed E-state index contributed by atoms with van der Waals surface area (Å²) in [4.78, 5) is 25.7. The van der Waals surface area contributed by atoms with Gasteiger partial charge in [-0.15, -0.1) is 0 Å². The Morgan fingerprint density at radius 1 is 1.40 bits per heavy atom. The Hall–Kier alpha value is -0.920. The lowest BCUT2D eigenvalue weighted by molar-refractivity contribution is -0.154. The van der Waals surface area contributed by atoms with Crippen molar-refractivity contribution in [3.63, 3.8) is 0 Å². The molecule has 2 aliphatic rings. The maximum Gasteiger partial charge on any atom is 0.441 e. The van der Waals surface area contributed by atoms with Gasteiger partial charge in [0.25, 0.3) is 0 Å². The summed E-state index contributed by atoms with van der Waals surface area (Å²) in [5, 5.41) is 2.73. The van der Waals surface area contributed by atoms with E-state index in [0.717, 1.165) is 12.8 Å². The van der Waals surface area contributed by atoms with E-state index in [1.54, 1.807) is 6.92 Å². The molecule has 2 unspecified atom stereocenters. The minimum Gasteiger partial charge on any atom is -0.340 e. The molecule has 4 nitrogen and oxygen atoms in total. The van der Waals surface area contributed by atoms with Crippen molar-refractivity contribution in [2.75, 3.05) is 12.3 Å². The van der Waals surface area contributed by atoms with Gasteiger partial charge in [-0.1, -0.05) is 0 Å². The predicted molar refractivity (Wildman–Crippen MR) is 69.0 cm³/mol. The largest absolute Gasteiger partial charge is 0.441 e. The number of hydrogen-bond donors (Lipinski definition) is 1. The third-order valence-corrected chi connectivity index (χ3v) is 4.64. The summed E-state index contributed by atoms with van der Waals surface area (Å²) in [6, 6.07) is -0.719. The molecule has 2 rings (SSSR count). The number of nitrogens with zero attached hydrogens (tertiary/aromatic N) is 1. The van der Waals surface area contributed by atoms with Crippen molar-refractivity contribution in [2.24, 2.45) is 5.92 Å². The zero-order chi connectivity index (χ0) is 15.1. The van der Waals surface area contributed by atoms with Crippen molar-refractivity contribution in [1.29, 1.82) is 0 Å². The maximum atomic E-state index is 12.5. The summed E-state index contributed by atoms with van der Waals surface area (Å²) >= 11 is -0.169. The molecule has 1 aliphatic heterocycles. The molecule has 0 aromatic heterocycles. The normalized spacial score (nSPS) is 31.4. The first-order chi connectivity index (χ1) is 9.15. The van der Waals surface area contributed by atoms with E-state index >= 15 is 0 Å². The zero-order valence-electron chi connectivity index (χ0n) is 11.3. The van der Waals surface area contributed by atoms with Gasteiger partial charge < -0.3 is 10.2 Å². The van der Waals surface area contributed by atoms with Gasteiger partial charge in [0.1, 0.15) is 11.6 Å². The highest BCUT2D eigenvalue weighted by atomic mass is 32.2. The van der Waals surface area contributed by atoms with Crippen molar-refractivity contribution in [2.45, 2.75) is 43.8 Å². The number of amides is 2. The average Bonchev–Trinajstić information content (AvgIpc) is 3.14. The fourth-order valence-electron chi connectivity index (χ4n) is 2.52. The van der Waals surface area contributed by atoms with Crippen LogP contribution in [0.1, 0.15) is 26.7 Å². The number of carbonyl (C=O) groups is 2. The highest BCUT2D eigenvalue weighted by Gasteiger charge is 2.54. The van der Waals surface area contributed by atoms with Gasteiger partial charge in [0.05, 0.1) is 0 Å². The molecule has 1 saturated carbocycles. The van der Waals surface area contributed by atoms with Crippen LogP contribution in [0.3, 0.4) is 0 Å². The molecular formula is C12H17F3N2O2S. The van der Waals surface area contributed by atoms with E-state index < -0.39 is 17.1 Å². The first-order valence-electron chi connectivity index (χ1n) is 6.49. The lowest BCUT2D eigenvalue weighted by Gasteiger charge is -2.43. The molecule has 0 aromatic carbocycles. The summed E-state index contributed by atoms with van der Waals surface area (Å²) in [6.07, 6.45) is 1.73. The van der Waals surface area contributed by atoms with Gasteiger partial charge in [-0.05, 0) is 44.4 Å². The van der Waals surface area contributed by atoms with Crippen LogP contribution in [0.25, 0.3) is 0 Å². The van der Waals surface area contributed by atoms with Gasteiger partial charge in [0.15, 0.2) is 0 Å². The van der Waals surface area contributed by atoms with E-state index in [0.29, 0.717) is 0 Å². The Morgan fingerprint density at radius 3 is 2.50 bits per heavy atom. The number of halogens is 3. The number of carbonyl (C=O) groups excluding carboxylic acids is 2. The highest BCUT2D eigenvalue weighted by Crippen LogP contribution is 2.42. The molecule has 1 aliphatic carbocycles. The van der Waals surface area contributed by atoms with E-state index in [1.807, 2.05) is 0 Å². The number of piperazine rings is 1. The van der Waals surface area contributed by atoms with E-state index in [1.165, 1.54) is 11.8 Å². The van der Waals surface area contributed by atoms with Gasteiger partial charge in [-0.25, -0.2) is 0 Å². The summed E-state index contributed by atoms with van der Waals surface area (Å²) in [5.74, 6) is -0.719. The standard InChI is InChI=1S/C12H17F3N2O2S/c1-7-9(18)16-11(2,8-3-4-8)10(19)17(7)5-6-20-12(13,14)15/h7-8H,3-6H2,1-2H3,(H,16,18). The first kappa shape index (κ1) is 15.5. The molecule has 1 N–H and O–H groups in total. The second kappa shape index (κ2) is 5.13. The molecular weight excluding hydrogens is 293 g/mol. The molecule has 1 saturated heterocycles. The molecule has 2 fully saturated rings. The van der Waals surface area contributed by atoms with Crippen LogP contribution in [0, 0.1) is 5.92 Å². The molecule has 114 valence electrons. The Kier molecular flexibility index (Phi) is 3.96. The first-order valence-corrected chi connectivity index (χ1v) is 7.47. The molecule has 8 heteroatoms. The fourth-order valence-corrected chi connectivity index (χ4v) is 3.04. The molecule has 2 amide bonds. The van der Waals surface area contributed by atoms with Crippen molar-refractivity contribution in [3.8, 4) is 0 Å². The number of hydrogen-bond acceptors (Lipinski definition) is 3. The minimum atomic E-state index is -4.32. The monoisotopic (exact) mass is 310 g/mol. The van der Waals surface area contributed by atoms with Crippen LogP contribution in [-0.2, 0) is 9.59 Å². The van der Waals surface area contributed by atoms with Crippen molar-refractivity contribution in [1.82, 2.24) is 10.2 Å². The summed E-state index contributed by atoms with van der Waals surface area (Å²) in [5.41, 5.74) is -5.27. The van der Waals surface area contributed by atoms with Gasteiger partial charge in [0.2, 0.25) is 11.8 Å². The Labute approximate surface area is 119 Å². The van der Waals surface area contributed by atoms with E-state index in [9.17, 15) is 22.8 Å². The lowest BCUT2D eigenvalue weighted by atomic mass is 9.90. The van der Waals surface area contributed by atoms with Crippen LogP contribution in [0.4, 0.5) is 13.2 Å². The Bertz CT molecular complexity index is 425. The van der Waals surface area contributed by atoms with Gasteiger partial charge >= 0.3 is 5.51 Å². The highest BCUT2D eigenvalue weighted by molar-refractivity contribution is 8.00. The molecule has 20 heavy (non-hydrogen) atoms. The number of nitrogens with one attached hydrogen (secondary N) is 1. The third kappa shape index (κ3) is 3.05. The van der Waals surface area contributed by atoms with Crippen molar-refractivity contribution < 1.29 is 22.8 Å². The quantitative estimate of drug-likeness (QED) is 0.861. The van der Waals surface area contributed by atoms with Crippen LogP contribution >= 0.6 is 11.8 Å². The molecule has 0 aromatic rings. The third-order valence-electron chi connectivity index (χ3n) is 3.93. The topological polar surface area (TPSA) is 49.4 Å². The Balaban J connectivity index is 2.05. The lowest BCUT2D eigenvalue weighted by Crippen LogP contribution is -2.69. The maximum absolute atomic E-state index is 12.5. The van der Waals surface area contributed by atoms with E-state index in [-0.39, 0.29) is 41.8 Å². The van der Waals surface area contributed by atoms with E-state index in [2.05, 4.69) is 5.32 Å². The molecule has 1 heterocycles. The van der Waals surface area contributed by atoms with Gasteiger partial charge in [-0.2, -0.15) is 13.2 Å². The molecule has 0 spiro atoms. The number of alkyl halides is 3. The van der Waals surface area contributed by atoms with E-state index in [4.69, 9.17) is 0 Å². The molecule has 0 bridgehead atoms. The van der Waals surface area contributed by atoms with Crippen LogP contribution in [0.5, 0.6) is 0 Å². The summed E-state index contributed by atoms with van der Waals surface area (Å²) in [7, 11) is 0. The Morgan fingerprint density at radius 2 is 2.00 bits per heavy atom. The predicted octanol–water partition coefficient (Wildman–Crippen LogP) is 1.76. The summed E-state index contributed by atoms with van der Waals surface area (Å²) < 4.78 is 36.5. The average molecular weight is 310 g/mol. The fraction of sp³-hybridized carbons (Fsp3) is 0.833. The molecule has 2 atom stereocenters. The van der Waals surface area contributed by atoms with Crippen LogP contribution < -0.4 is 5.32 Å². The van der Waals surface area contributed by atoms with Crippen LogP contribution in [-0.4, -0.2) is 46.1 Å². The second-order valence-electron chi connectivity index (χ2n) is 5.43. The zero-order valence-corrected chi connectivity index (χ0v) is 12.1. The smallest absolute Gasteiger partial charge is 0.340 e. The van der Waals surface area contributed by atoms with Gasteiger partial charge in [-0.3, -0.25) is 9.59 Å². The van der Waals surface area contributed by atoms with Gasteiger partial charge in [0, 0.05) is 12.3 Å².